The van der Waals surface area contributed by atoms with E-state index < -0.39 is 0 Å². The number of phenolic OH excluding ortho intramolecular Hbond substituents is 1. The molecule has 2 N–H and O–H groups in total. The summed E-state index contributed by atoms with van der Waals surface area (Å²) in [4.78, 5) is 0. The summed E-state index contributed by atoms with van der Waals surface area (Å²) in [6, 6.07) is 12.1. The van der Waals surface area contributed by atoms with Crippen LogP contribution in [0, 0.1) is 0 Å². The molecule has 22 heavy (non-hydrogen) atoms. The van der Waals surface area contributed by atoms with Gasteiger partial charge in [0.1, 0.15) is 0 Å². The third kappa shape index (κ3) is 3.61. The topological polar surface area (TPSA) is 41.5 Å². The van der Waals surface area contributed by atoms with Crippen LogP contribution in [-0.4, -0.2) is 12.2 Å². The van der Waals surface area contributed by atoms with Crippen LogP contribution in [0.2, 0.25) is 0 Å². The highest BCUT2D eigenvalue weighted by atomic mass is 16.5. The zero-order chi connectivity index (χ0) is 15.9. The summed E-state index contributed by atoms with van der Waals surface area (Å²) < 4.78 is 5.26. The zero-order valence-electron chi connectivity index (χ0n) is 13.2. The van der Waals surface area contributed by atoms with Gasteiger partial charge in [0.15, 0.2) is 11.5 Å². The number of anilines is 1. The van der Waals surface area contributed by atoms with E-state index in [1.165, 1.54) is 5.56 Å². The van der Waals surface area contributed by atoms with Crippen molar-refractivity contribution in [1.82, 2.24) is 0 Å². The van der Waals surface area contributed by atoms with Gasteiger partial charge >= 0.3 is 0 Å². The van der Waals surface area contributed by atoms with Gasteiger partial charge in [-0.2, -0.15) is 0 Å². The molecule has 0 aliphatic heterocycles. The van der Waals surface area contributed by atoms with E-state index in [2.05, 4.69) is 37.0 Å². The lowest BCUT2D eigenvalue weighted by Crippen LogP contribution is -2.03. The number of ether oxygens (including phenoxy) is 1. The molecule has 0 atom stereocenters. The first-order chi connectivity index (χ1) is 10.7. The van der Waals surface area contributed by atoms with Crippen LogP contribution in [0.4, 0.5) is 5.69 Å². The molecule has 116 valence electrons. The molecule has 0 aliphatic rings. The van der Waals surface area contributed by atoms with E-state index in [0.717, 1.165) is 23.2 Å². The Morgan fingerprint density at radius 2 is 2.00 bits per heavy atom. The number of rotatable bonds is 7. The summed E-state index contributed by atoms with van der Waals surface area (Å²) in [6.07, 6.45) is 3.38. The molecular weight excluding hydrogens is 274 g/mol. The third-order valence-corrected chi connectivity index (χ3v) is 3.68. The van der Waals surface area contributed by atoms with Crippen LogP contribution in [0.15, 0.2) is 49.1 Å². The largest absolute Gasteiger partial charge is 0.504 e. The summed E-state index contributed by atoms with van der Waals surface area (Å²) in [5, 5.41) is 13.6. The first-order valence-electron chi connectivity index (χ1n) is 7.51. The zero-order valence-corrected chi connectivity index (χ0v) is 13.2. The maximum absolute atomic E-state index is 10.1. The van der Waals surface area contributed by atoms with Crippen molar-refractivity contribution in [2.24, 2.45) is 0 Å². The van der Waals surface area contributed by atoms with Crippen LogP contribution in [0.5, 0.6) is 11.5 Å². The predicted molar refractivity (Wildman–Crippen MR) is 91.7 cm³/mol. The number of hydrogen-bond donors (Lipinski definition) is 2. The third-order valence-electron chi connectivity index (χ3n) is 3.68. The van der Waals surface area contributed by atoms with Crippen molar-refractivity contribution in [2.75, 3.05) is 12.4 Å². The van der Waals surface area contributed by atoms with Gasteiger partial charge in [0.25, 0.3) is 0 Å². The van der Waals surface area contributed by atoms with E-state index in [4.69, 9.17) is 4.74 Å². The van der Waals surface area contributed by atoms with Crippen molar-refractivity contribution >= 4 is 5.69 Å². The lowest BCUT2D eigenvalue weighted by molar-refractivity contribution is 0.370. The summed E-state index contributed by atoms with van der Waals surface area (Å²) in [6.45, 7) is 6.55. The second kappa shape index (κ2) is 7.55. The molecule has 0 radical (unpaired) electrons. The number of methoxy groups -OCH3 is 1. The van der Waals surface area contributed by atoms with Crippen molar-refractivity contribution in [3.05, 3.63) is 65.7 Å². The minimum absolute atomic E-state index is 0.195. The summed E-state index contributed by atoms with van der Waals surface area (Å²) in [5.74, 6) is 0.694. The average molecular weight is 297 g/mol. The average Bonchev–Trinajstić information content (AvgIpc) is 2.55. The smallest absolute Gasteiger partial charge is 0.161 e. The molecule has 0 aliphatic carbocycles. The molecule has 0 saturated heterocycles. The molecule has 0 unspecified atom stereocenters. The van der Waals surface area contributed by atoms with Gasteiger partial charge in [-0.05, 0) is 42.2 Å². The van der Waals surface area contributed by atoms with E-state index in [0.29, 0.717) is 18.7 Å². The molecule has 0 saturated carbocycles. The van der Waals surface area contributed by atoms with Gasteiger partial charge in [-0.15, -0.1) is 6.58 Å². The monoisotopic (exact) mass is 297 g/mol. The van der Waals surface area contributed by atoms with Crippen LogP contribution < -0.4 is 10.1 Å². The Balaban J connectivity index is 2.22. The molecule has 3 heteroatoms. The first-order valence-corrected chi connectivity index (χ1v) is 7.51. The standard InChI is InChI=1S/C19H23NO2/c1-4-8-16-11-14(12-18(22-3)19(16)21)13-20-17-10-7-6-9-15(17)5-2/h4,6-7,9-12,20-21H,1,5,8,13H2,2-3H3. The molecule has 2 aromatic carbocycles. The maximum atomic E-state index is 10.1. The number of phenols is 1. The fourth-order valence-electron chi connectivity index (χ4n) is 2.50. The Bertz CT molecular complexity index is 650. The number of aromatic hydroxyl groups is 1. The molecule has 3 nitrogen and oxygen atoms in total. The SMILES string of the molecule is C=CCc1cc(CNc2ccccc2CC)cc(OC)c1O. The van der Waals surface area contributed by atoms with Crippen LogP contribution >= 0.6 is 0 Å². The fraction of sp³-hybridized carbons (Fsp3) is 0.263. The van der Waals surface area contributed by atoms with Crippen molar-refractivity contribution in [3.63, 3.8) is 0 Å². The Kier molecular flexibility index (Phi) is 5.48. The normalized spacial score (nSPS) is 10.3. The molecule has 2 aromatic rings. The second-order valence-electron chi connectivity index (χ2n) is 5.16. The number of aryl methyl sites for hydroxylation is 1. The van der Waals surface area contributed by atoms with Gasteiger partial charge < -0.3 is 15.2 Å². The fourth-order valence-corrected chi connectivity index (χ4v) is 2.50. The van der Waals surface area contributed by atoms with Gasteiger partial charge in [0.05, 0.1) is 7.11 Å². The molecular formula is C19H23NO2. The van der Waals surface area contributed by atoms with Crippen molar-refractivity contribution in [3.8, 4) is 11.5 Å². The highest BCUT2D eigenvalue weighted by Gasteiger charge is 2.10. The predicted octanol–water partition coefficient (Wildman–Crippen LogP) is 4.30. The van der Waals surface area contributed by atoms with E-state index in [1.807, 2.05) is 18.2 Å². The number of allylic oxidation sites excluding steroid dienone is 1. The van der Waals surface area contributed by atoms with E-state index in [9.17, 15) is 5.11 Å². The molecule has 0 bridgehead atoms. The maximum Gasteiger partial charge on any atom is 0.161 e. The van der Waals surface area contributed by atoms with Gasteiger partial charge in [-0.3, -0.25) is 0 Å². The van der Waals surface area contributed by atoms with E-state index >= 15 is 0 Å². The number of hydrogen-bond acceptors (Lipinski definition) is 3. The minimum atomic E-state index is 0.195. The number of para-hydroxylation sites is 1. The summed E-state index contributed by atoms with van der Waals surface area (Å²) in [7, 11) is 1.57. The van der Waals surface area contributed by atoms with E-state index in [1.54, 1.807) is 13.2 Å². The molecule has 0 amide bonds. The van der Waals surface area contributed by atoms with Gasteiger partial charge in [-0.25, -0.2) is 0 Å². The van der Waals surface area contributed by atoms with Gasteiger partial charge in [-0.1, -0.05) is 31.2 Å². The Hall–Kier alpha value is -2.42. The Morgan fingerprint density at radius 1 is 1.23 bits per heavy atom. The summed E-state index contributed by atoms with van der Waals surface area (Å²) in [5.41, 5.74) is 4.33. The lowest BCUT2D eigenvalue weighted by atomic mass is 10.0. The lowest BCUT2D eigenvalue weighted by Gasteiger charge is -2.14. The quantitative estimate of drug-likeness (QED) is 0.749. The van der Waals surface area contributed by atoms with Gasteiger partial charge in [0.2, 0.25) is 0 Å². The highest BCUT2D eigenvalue weighted by molar-refractivity contribution is 5.53. The van der Waals surface area contributed by atoms with Crippen molar-refractivity contribution in [2.45, 2.75) is 26.3 Å². The first kappa shape index (κ1) is 16.0. The summed E-state index contributed by atoms with van der Waals surface area (Å²) >= 11 is 0. The highest BCUT2D eigenvalue weighted by Crippen LogP contribution is 2.32. The molecule has 0 aromatic heterocycles. The van der Waals surface area contributed by atoms with Crippen molar-refractivity contribution in [1.29, 1.82) is 0 Å². The number of nitrogens with one attached hydrogen (secondary N) is 1. The molecule has 0 heterocycles. The van der Waals surface area contributed by atoms with E-state index in [-0.39, 0.29) is 5.75 Å². The van der Waals surface area contributed by atoms with Crippen LogP contribution in [0.25, 0.3) is 0 Å². The van der Waals surface area contributed by atoms with Crippen LogP contribution in [0.1, 0.15) is 23.6 Å². The van der Waals surface area contributed by atoms with Gasteiger partial charge in [0, 0.05) is 17.8 Å². The Morgan fingerprint density at radius 3 is 2.68 bits per heavy atom. The molecule has 2 rings (SSSR count). The van der Waals surface area contributed by atoms with Crippen LogP contribution in [-0.2, 0) is 19.4 Å². The Labute approximate surface area is 132 Å². The second-order valence-corrected chi connectivity index (χ2v) is 5.16. The molecule has 0 fully saturated rings. The minimum Gasteiger partial charge on any atom is -0.504 e. The van der Waals surface area contributed by atoms with Crippen molar-refractivity contribution < 1.29 is 9.84 Å². The number of benzene rings is 2. The molecule has 0 spiro atoms. The van der Waals surface area contributed by atoms with Crippen LogP contribution in [0.3, 0.4) is 0 Å².